The third kappa shape index (κ3) is 4.82. The van der Waals surface area contributed by atoms with Crippen LogP contribution in [0.2, 0.25) is 5.02 Å². The number of anilines is 1. The maximum atomic E-state index is 12.2. The number of carbonyl (C=O) groups excluding carboxylic acids is 1. The Morgan fingerprint density at radius 1 is 1.48 bits per heavy atom. The van der Waals surface area contributed by atoms with Crippen LogP contribution in [0.15, 0.2) is 24.3 Å². The van der Waals surface area contributed by atoms with Gasteiger partial charge in [-0.05, 0) is 42.0 Å². The van der Waals surface area contributed by atoms with Crippen LogP contribution in [0.3, 0.4) is 0 Å². The first-order chi connectivity index (χ1) is 10.1. The fraction of sp³-hybridized carbons (Fsp3) is 0.429. The van der Waals surface area contributed by atoms with Crippen molar-refractivity contribution in [3.63, 3.8) is 0 Å². The molecule has 1 unspecified atom stereocenters. The Labute approximate surface area is 132 Å². The molecule has 2 N–H and O–H groups in total. The SMILES string of the molecule is O=C(O)CN(C(=O)NCC1CCSC1)c1cccc(Cl)c1. The zero-order chi connectivity index (χ0) is 15.2. The quantitative estimate of drug-likeness (QED) is 0.872. The van der Waals surface area contributed by atoms with Gasteiger partial charge in [-0.1, -0.05) is 17.7 Å². The average Bonchev–Trinajstić information content (AvgIpc) is 2.95. The second-order valence-electron chi connectivity index (χ2n) is 4.88. The monoisotopic (exact) mass is 328 g/mol. The second-order valence-corrected chi connectivity index (χ2v) is 6.46. The number of aliphatic carboxylic acids is 1. The average molecular weight is 329 g/mol. The summed E-state index contributed by atoms with van der Waals surface area (Å²) in [6.45, 7) is 0.175. The van der Waals surface area contributed by atoms with Crippen LogP contribution in [-0.4, -0.2) is 41.7 Å². The van der Waals surface area contributed by atoms with Crippen molar-refractivity contribution >= 4 is 41.1 Å². The molecule has 1 saturated heterocycles. The lowest BCUT2D eigenvalue weighted by Gasteiger charge is -2.22. The largest absolute Gasteiger partial charge is 0.480 e. The number of carboxylic acids is 1. The predicted octanol–water partition coefficient (Wildman–Crippen LogP) is 2.69. The molecule has 7 heteroatoms. The molecule has 1 aliphatic rings. The van der Waals surface area contributed by atoms with Crippen molar-refractivity contribution in [1.82, 2.24) is 5.32 Å². The molecule has 0 aliphatic carbocycles. The Morgan fingerprint density at radius 2 is 2.29 bits per heavy atom. The number of amides is 2. The summed E-state index contributed by atoms with van der Waals surface area (Å²) in [5, 5.41) is 12.3. The molecule has 1 aromatic rings. The highest BCUT2D eigenvalue weighted by molar-refractivity contribution is 7.99. The van der Waals surface area contributed by atoms with E-state index in [1.807, 2.05) is 11.8 Å². The van der Waals surface area contributed by atoms with Gasteiger partial charge in [0, 0.05) is 17.3 Å². The summed E-state index contributed by atoms with van der Waals surface area (Å²) in [7, 11) is 0. The number of nitrogens with zero attached hydrogens (tertiary/aromatic N) is 1. The van der Waals surface area contributed by atoms with Crippen LogP contribution in [0, 0.1) is 5.92 Å². The van der Waals surface area contributed by atoms with E-state index in [0.29, 0.717) is 23.2 Å². The van der Waals surface area contributed by atoms with Gasteiger partial charge in [-0.25, -0.2) is 4.79 Å². The molecule has 0 saturated carbocycles. The van der Waals surface area contributed by atoms with Crippen molar-refractivity contribution in [3.05, 3.63) is 29.3 Å². The molecule has 1 atom stereocenters. The molecule has 114 valence electrons. The summed E-state index contributed by atoms with van der Waals surface area (Å²) >= 11 is 7.78. The normalized spacial score (nSPS) is 17.5. The number of nitrogens with one attached hydrogen (secondary N) is 1. The summed E-state index contributed by atoms with van der Waals surface area (Å²) in [5.74, 6) is 1.55. The van der Waals surface area contributed by atoms with Crippen LogP contribution in [-0.2, 0) is 4.79 Å². The lowest BCUT2D eigenvalue weighted by molar-refractivity contribution is -0.135. The molecule has 1 aromatic carbocycles. The highest BCUT2D eigenvalue weighted by atomic mass is 35.5. The van der Waals surface area contributed by atoms with Gasteiger partial charge in [0.1, 0.15) is 6.54 Å². The maximum absolute atomic E-state index is 12.2. The molecular formula is C14H17ClN2O3S. The molecule has 1 aliphatic heterocycles. The fourth-order valence-electron chi connectivity index (χ4n) is 2.13. The smallest absolute Gasteiger partial charge is 0.323 e. The van der Waals surface area contributed by atoms with Gasteiger partial charge < -0.3 is 10.4 Å². The first-order valence-corrected chi connectivity index (χ1v) is 8.20. The van der Waals surface area contributed by atoms with Gasteiger partial charge in [0.05, 0.1) is 0 Å². The third-order valence-corrected chi connectivity index (χ3v) is 4.69. The number of hydrogen-bond acceptors (Lipinski definition) is 3. The summed E-state index contributed by atoms with van der Waals surface area (Å²) in [6, 6.07) is 6.21. The highest BCUT2D eigenvalue weighted by Gasteiger charge is 2.21. The Balaban J connectivity index is 2.03. The van der Waals surface area contributed by atoms with Crippen LogP contribution in [0.1, 0.15) is 6.42 Å². The topological polar surface area (TPSA) is 69.6 Å². The summed E-state index contributed by atoms with van der Waals surface area (Å²) in [4.78, 5) is 24.4. The van der Waals surface area contributed by atoms with Crippen LogP contribution < -0.4 is 10.2 Å². The Morgan fingerprint density at radius 3 is 2.90 bits per heavy atom. The van der Waals surface area contributed by atoms with E-state index in [2.05, 4.69) is 5.32 Å². The lowest BCUT2D eigenvalue weighted by atomic mass is 10.1. The number of carboxylic acid groups (broad SMARTS) is 1. The number of urea groups is 1. The first kappa shape index (κ1) is 16.0. The zero-order valence-corrected chi connectivity index (χ0v) is 13.0. The number of hydrogen-bond donors (Lipinski definition) is 2. The molecule has 1 heterocycles. The molecule has 0 radical (unpaired) electrons. The van der Waals surface area contributed by atoms with E-state index >= 15 is 0 Å². The van der Waals surface area contributed by atoms with Crippen molar-refractivity contribution in [2.45, 2.75) is 6.42 Å². The summed E-state index contributed by atoms with van der Waals surface area (Å²) < 4.78 is 0. The number of rotatable bonds is 5. The molecule has 0 bridgehead atoms. The lowest BCUT2D eigenvalue weighted by Crippen LogP contribution is -2.44. The van der Waals surface area contributed by atoms with Gasteiger partial charge in [-0.15, -0.1) is 0 Å². The van der Waals surface area contributed by atoms with E-state index in [9.17, 15) is 9.59 Å². The van der Waals surface area contributed by atoms with Crippen molar-refractivity contribution in [3.8, 4) is 0 Å². The standard InChI is InChI=1S/C14H17ClN2O3S/c15-11-2-1-3-12(6-11)17(8-13(18)19)14(20)16-7-10-4-5-21-9-10/h1-3,6,10H,4-5,7-9H2,(H,16,20)(H,18,19). The van der Waals surface area contributed by atoms with Crippen molar-refractivity contribution in [1.29, 1.82) is 0 Å². The number of benzene rings is 1. The number of halogens is 1. The molecule has 0 aromatic heterocycles. The summed E-state index contributed by atoms with van der Waals surface area (Å²) in [6.07, 6.45) is 1.08. The Hall–Kier alpha value is -1.40. The third-order valence-electron chi connectivity index (χ3n) is 3.22. The van der Waals surface area contributed by atoms with Crippen molar-refractivity contribution in [2.24, 2.45) is 5.92 Å². The predicted molar refractivity (Wildman–Crippen MR) is 85.3 cm³/mol. The Bertz CT molecular complexity index is 521. The minimum atomic E-state index is -1.07. The van der Waals surface area contributed by atoms with Gasteiger partial charge >= 0.3 is 12.0 Å². The van der Waals surface area contributed by atoms with Gasteiger partial charge in [-0.3, -0.25) is 9.69 Å². The van der Waals surface area contributed by atoms with Gasteiger partial charge in [0.15, 0.2) is 0 Å². The van der Waals surface area contributed by atoms with Crippen molar-refractivity contribution in [2.75, 3.05) is 29.5 Å². The van der Waals surface area contributed by atoms with Crippen LogP contribution >= 0.6 is 23.4 Å². The van der Waals surface area contributed by atoms with E-state index in [0.717, 1.165) is 17.9 Å². The molecule has 21 heavy (non-hydrogen) atoms. The van der Waals surface area contributed by atoms with E-state index < -0.39 is 18.5 Å². The minimum Gasteiger partial charge on any atom is -0.480 e. The maximum Gasteiger partial charge on any atom is 0.323 e. The Kier molecular flexibility index (Phi) is 5.76. The first-order valence-electron chi connectivity index (χ1n) is 6.66. The molecular weight excluding hydrogens is 312 g/mol. The van der Waals surface area contributed by atoms with Gasteiger partial charge in [0.2, 0.25) is 0 Å². The van der Waals surface area contributed by atoms with Crippen LogP contribution in [0.4, 0.5) is 10.5 Å². The van der Waals surface area contributed by atoms with Crippen LogP contribution in [0.25, 0.3) is 0 Å². The number of carbonyl (C=O) groups is 2. The van der Waals surface area contributed by atoms with Gasteiger partial charge in [0.25, 0.3) is 0 Å². The van der Waals surface area contributed by atoms with E-state index in [4.69, 9.17) is 16.7 Å². The zero-order valence-electron chi connectivity index (χ0n) is 11.4. The second kappa shape index (κ2) is 7.56. The number of thioether (sulfide) groups is 1. The van der Waals surface area contributed by atoms with Crippen LogP contribution in [0.5, 0.6) is 0 Å². The molecule has 2 rings (SSSR count). The van der Waals surface area contributed by atoms with Crippen molar-refractivity contribution < 1.29 is 14.7 Å². The van der Waals surface area contributed by atoms with E-state index in [1.54, 1.807) is 24.3 Å². The molecule has 2 amide bonds. The fourth-order valence-corrected chi connectivity index (χ4v) is 3.60. The van der Waals surface area contributed by atoms with E-state index in [-0.39, 0.29) is 0 Å². The molecule has 1 fully saturated rings. The summed E-state index contributed by atoms with van der Waals surface area (Å²) in [5.41, 5.74) is 0.475. The minimum absolute atomic E-state index is 0.397. The van der Waals surface area contributed by atoms with E-state index in [1.165, 1.54) is 4.90 Å². The highest BCUT2D eigenvalue weighted by Crippen LogP contribution is 2.23. The van der Waals surface area contributed by atoms with Gasteiger partial charge in [-0.2, -0.15) is 11.8 Å². The molecule has 5 nitrogen and oxygen atoms in total. The molecule has 0 spiro atoms.